The fourth-order valence-corrected chi connectivity index (χ4v) is 1.81. The zero-order valence-corrected chi connectivity index (χ0v) is 10.5. The molecule has 1 N–H and O–H groups in total. The van der Waals surface area contributed by atoms with Crippen molar-refractivity contribution in [1.82, 2.24) is 10.2 Å². The van der Waals surface area contributed by atoms with Crippen molar-refractivity contribution in [2.45, 2.75) is 6.54 Å². The lowest BCUT2D eigenvalue weighted by Crippen LogP contribution is -2.39. The van der Waals surface area contributed by atoms with Crippen molar-refractivity contribution in [1.29, 1.82) is 0 Å². The van der Waals surface area contributed by atoms with E-state index in [0.717, 1.165) is 10.0 Å². The summed E-state index contributed by atoms with van der Waals surface area (Å²) >= 11 is 3.29. The zero-order valence-electron chi connectivity index (χ0n) is 8.91. The summed E-state index contributed by atoms with van der Waals surface area (Å²) in [7, 11) is 0. The first-order valence-electron chi connectivity index (χ1n) is 4.95. The molecule has 0 aromatic heterocycles. The number of carbonyl (C=O) groups excluding carboxylic acids is 1. The van der Waals surface area contributed by atoms with Crippen LogP contribution in [0.3, 0.4) is 0 Å². The first-order chi connectivity index (χ1) is 8.08. The first kappa shape index (κ1) is 11.9. The lowest BCUT2D eigenvalue weighted by Gasteiger charge is -2.27. The van der Waals surface area contributed by atoms with Crippen LogP contribution in [-0.4, -0.2) is 10.9 Å². The van der Waals surface area contributed by atoms with Crippen LogP contribution in [0.4, 0.5) is 9.18 Å². The summed E-state index contributed by atoms with van der Waals surface area (Å²) in [6.07, 6.45) is 1.55. The minimum absolute atomic E-state index is 0.248. The van der Waals surface area contributed by atoms with Crippen LogP contribution >= 0.6 is 15.9 Å². The van der Waals surface area contributed by atoms with Gasteiger partial charge in [0.2, 0.25) is 0 Å². The van der Waals surface area contributed by atoms with Crippen LogP contribution in [0.2, 0.25) is 0 Å². The van der Waals surface area contributed by atoms with Crippen molar-refractivity contribution in [3.8, 4) is 0 Å². The molecule has 3 nitrogen and oxygen atoms in total. The van der Waals surface area contributed by atoms with E-state index < -0.39 is 0 Å². The van der Waals surface area contributed by atoms with Gasteiger partial charge in [-0.15, -0.1) is 0 Å². The predicted octanol–water partition coefficient (Wildman–Crippen LogP) is 3.10. The Morgan fingerprint density at radius 2 is 2.00 bits per heavy atom. The van der Waals surface area contributed by atoms with E-state index in [4.69, 9.17) is 0 Å². The average molecular weight is 297 g/mol. The Bertz CT molecular complexity index is 496. The molecule has 1 aliphatic rings. The molecule has 0 atom stereocenters. The maximum atomic E-state index is 12.8. The van der Waals surface area contributed by atoms with Crippen LogP contribution < -0.4 is 5.32 Å². The highest BCUT2D eigenvalue weighted by atomic mass is 79.9. The Morgan fingerprint density at radius 1 is 1.35 bits per heavy atom. The first-order valence-corrected chi connectivity index (χ1v) is 5.74. The highest BCUT2D eigenvalue weighted by Gasteiger charge is 2.22. The second-order valence-corrected chi connectivity index (χ2v) is 4.46. The van der Waals surface area contributed by atoms with Gasteiger partial charge in [0.05, 0.1) is 16.7 Å². The molecule has 1 aliphatic heterocycles. The van der Waals surface area contributed by atoms with E-state index in [2.05, 4.69) is 27.8 Å². The van der Waals surface area contributed by atoms with Gasteiger partial charge in [-0.2, -0.15) is 0 Å². The number of benzene rings is 1. The van der Waals surface area contributed by atoms with Crippen LogP contribution in [0.25, 0.3) is 0 Å². The van der Waals surface area contributed by atoms with E-state index >= 15 is 0 Å². The van der Waals surface area contributed by atoms with E-state index in [1.807, 2.05) is 0 Å². The molecule has 0 fully saturated rings. The molecule has 2 amide bonds. The molecule has 0 bridgehead atoms. The van der Waals surface area contributed by atoms with E-state index in [1.54, 1.807) is 18.3 Å². The average Bonchev–Trinajstić information content (AvgIpc) is 2.32. The van der Waals surface area contributed by atoms with Crippen LogP contribution in [-0.2, 0) is 6.54 Å². The monoisotopic (exact) mass is 296 g/mol. The molecular formula is C12H10BrFN2O. The molecule has 2 rings (SSSR count). The number of nitrogens with one attached hydrogen (secondary N) is 1. The van der Waals surface area contributed by atoms with Gasteiger partial charge < -0.3 is 5.32 Å². The van der Waals surface area contributed by atoms with Crippen LogP contribution in [0, 0.1) is 5.82 Å². The van der Waals surface area contributed by atoms with Crippen molar-refractivity contribution in [2.75, 3.05) is 0 Å². The predicted molar refractivity (Wildman–Crippen MR) is 66.6 cm³/mol. The molecule has 1 aromatic rings. The Hall–Kier alpha value is -1.62. The second kappa shape index (κ2) is 4.71. The SMILES string of the molecule is C=C1C(Br)=CNC(=O)N1Cc1ccc(F)cc1. The number of rotatable bonds is 2. The largest absolute Gasteiger partial charge is 0.326 e. The third-order valence-corrected chi connectivity index (χ3v) is 3.11. The molecule has 1 aromatic carbocycles. The van der Waals surface area contributed by atoms with Gasteiger partial charge in [-0.3, -0.25) is 4.90 Å². The molecule has 0 radical (unpaired) electrons. The molecule has 0 spiro atoms. The van der Waals surface area contributed by atoms with Crippen molar-refractivity contribution < 1.29 is 9.18 Å². The number of allylic oxidation sites excluding steroid dienone is 1. The van der Waals surface area contributed by atoms with Gasteiger partial charge in [0.15, 0.2) is 0 Å². The highest BCUT2D eigenvalue weighted by Crippen LogP contribution is 2.24. The maximum Gasteiger partial charge on any atom is 0.326 e. The minimum Gasteiger partial charge on any atom is -0.313 e. The number of carbonyl (C=O) groups is 1. The van der Waals surface area contributed by atoms with Gasteiger partial charge in [-0.05, 0) is 33.6 Å². The molecule has 88 valence electrons. The zero-order chi connectivity index (χ0) is 12.4. The summed E-state index contributed by atoms with van der Waals surface area (Å²) in [4.78, 5) is 13.1. The highest BCUT2D eigenvalue weighted by molar-refractivity contribution is 9.12. The third-order valence-electron chi connectivity index (χ3n) is 2.42. The molecule has 0 saturated carbocycles. The quantitative estimate of drug-likeness (QED) is 0.894. The van der Waals surface area contributed by atoms with Gasteiger partial charge in [-0.1, -0.05) is 18.7 Å². The summed E-state index contributed by atoms with van der Waals surface area (Å²) < 4.78 is 13.5. The third kappa shape index (κ3) is 2.55. The van der Waals surface area contributed by atoms with Crippen molar-refractivity contribution in [3.63, 3.8) is 0 Å². The van der Waals surface area contributed by atoms with Crippen molar-refractivity contribution >= 4 is 22.0 Å². The van der Waals surface area contributed by atoms with Gasteiger partial charge in [0.25, 0.3) is 0 Å². The second-order valence-electron chi connectivity index (χ2n) is 3.60. The van der Waals surface area contributed by atoms with E-state index in [9.17, 15) is 9.18 Å². The summed E-state index contributed by atoms with van der Waals surface area (Å²) in [6, 6.07) is 5.77. The lowest BCUT2D eigenvalue weighted by atomic mass is 10.2. The lowest BCUT2D eigenvalue weighted by molar-refractivity contribution is 0.212. The summed E-state index contributed by atoms with van der Waals surface area (Å²) in [6.45, 7) is 4.17. The normalized spacial score (nSPS) is 15.6. The minimum atomic E-state index is -0.295. The molecule has 0 unspecified atom stereocenters. The fourth-order valence-electron chi connectivity index (χ4n) is 1.48. The van der Waals surface area contributed by atoms with E-state index in [1.165, 1.54) is 17.0 Å². The van der Waals surface area contributed by atoms with Gasteiger partial charge >= 0.3 is 6.03 Å². The van der Waals surface area contributed by atoms with Crippen LogP contribution in [0.15, 0.2) is 47.2 Å². The van der Waals surface area contributed by atoms with Crippen LogP contribution in [0.5, 0.6) is 0 Å². The van der Waals surface area contributed by atoms with Gasteiger partial charge in [0, 0.05) is 6.20 Å². The number of halogens is 2. The number of amides is 2. The van der Waals surface area contributed by atoms with Gasteiger partial charge in [0.1, 0.15) is 5.82 Å². The topological polar surface area (TPSA) is 32.3 Å². The standard InChI is InChI=1S/C12H10BrFN2O/c1-8-11(13)6-15-12(17)16(8)7-9-2-4-10(14)5-3-9/h2-6H,1,7H2,(H,15,17). The Kier molecular flexibility index (Phi) is 3.28. The summed E-state index contributed by atoms with van der Waals surface area (Å²) in [5, 5.41) is 2.59. The Morgan fingerprint density at radius 3 is 2.65 bits per heavy atom. The molecule has 17 heavy (non-hydrogen) atoms. The molecule has 0 saturated heterocycles. The molecule has 0 aliphatic carbocycles. The summed E-state index contributed by atoms with van der Waals surface area (Å²) in [5.74, 6) is -0.295. The summed E-state index contributed by atoms with van der Waals surface area (Å²) in [5.41, 5.74) is 1.42. The maximum absolute atomic E-state index is 12.8. The van der Waals surface area contributed by atoms with Crippen molar-refractivity contribution in [2.24, 2.45) is 0 Å². The molecule has 5 heteroatoms. The Labute approximate surface area is 107 Å². The van der Waals surface area contributed by atoms with Crippen molar-refractivity contribution in [3.05, 3.63) is 58.6 Å². The number of hydrogen-bond acceptors (Lipinski definition) is 1. The van der Waals surface area contributed by atoms with Crippen LogP contribution in [0.1, 0.15) is 5.56 Å². The number of nitrogens with zero attached hydrogens (tertiary/aromatic N) is 1. The van der Waals surface area contributed by atoms with Gasteiger partial charge in [-0.25, -0.2) is 9.18 Å². The van der Waals surface area contributed by atoms with E-state index in [-0.39, 0.29) is 11.8 Å². The number of hydrogen-bond donors (Lipinski definition) is 1. The Balaban J connectivity index is 2.18. The van der Waals surface area contributed by atoms with E-state index in [0.29, 0.717) is 12.2 Å². The smallest absolute Gasteiger partial charge is 0.313 e. The molecule has 1 heterocycles. The fraction of sp³-hybridized carbons (Fsp3) is 0.0833. The number of urea groups is 1. The molecular weight excluding hydrogens is 287 g/mol.